The second-order valence-electron chi connectivity index (χ2n) is 6.87. The predicted molar refractivity (Wildman–Crippen MR) is 124 cm³/mol. The fourth-order valence-corrected chi connectivity index (χ4v) is 2.93. The first-order chi connectivity index (χ1) is 15.8. The maximum Gasteiger partial charge on any atom is 0.432 e. The van der Waals surface area contributed by atoms with E-state index >= 15 is 0 Å². The third-order valence-corrected chi connectivity index (χ3v) is 4.63. The lowest BCUT2D eigenvalue weighted by molar-refractivity contribution is -0.278. The van der Waals surface area contributed by atoms with E-state index in [4.69, 9.17) is 21.1 Å². The van der Waals surface area contributed by atoms with Crippen molar-refractivity contribution in [2.24, 2.45) is 0 Å². The number of halogens is 4. The molecule has 0 N–H and O–H groups in total. The van der Waals surface area contributed by atoms with Gasteiger partial charge in [0, 0.05) is 18.2 Å². The van der Waals surface area contributed by atoms with Crippen LogP contribution in [0.5, 0.6) is 0 Å². The van der Waals surface area contributed by atoms with E-state index in [1.54, 1.807) is 37.3 Å². The van der Waals surface area contributed by atoms with Crippen molar-refractivity contribution in [2.45, 2.75) is 50.5 Å². The van der Waals surface area contributed by atoms with Crippen LogP contribution in [0.25, 0.3) is 0 Å². The summed E-state index contributed by atoms with van der Waals surface area (Å²) in [5.74, 6) is 9.36. The van der Waals surface area contributed by atoms with E-state index in [1.807, 2.05) is 6.08 Å². The molecule has 0 aliphatic rings. The maximum atomic E-state index is 13.9. The van der Waals surface area contributed by atoms with E-state index in [1.165, 1.54) is 29.8 Å². The Hall–Kier alpha value is -2.93. The zero-order valence-electron chi connectivity index (χ0n) is 18.5. The minimum Gasteiger partial charge on any atom is -0.460 e. The van der Waals surface area contributed by atoms with E-state index in [0.29, 0.717) is 12.8 Å². The zero-order valence-corrected chi connectivity index (χ0v) is 19.2. The van der Waals surface area contributed by atoms with Crippen molar-refractivity contribution >= 4 is 17.6 Å². The van der Waals surface area contributed by atoms with Crippen LogP contribution >= 0.6 is 11.6 Å². The quantitative estimate of drug-likeness (QED) is 0.168. The molecule has 3 nitrogen and oxygen atoms in total. The Labute approximate surface area is 198 Å². The summed E-state index contributed by atoms with van der Waals surface area (Å²) in [7, 11) is 0.850. The number of unbranched alkanes of at least 4 members (excludes halogenated alkanes) is 2. The van der Waals surface area contributed by atoms with E-state index in [2.05, 4.69) is 23.7 Å². The van der Waals surface area contributed by atoms with Gasteiger partial charge in [0.1, 0.15) is 0 Å². The SMILES string of the molecule is CO[C@](C(=O)O[C@@H](C)CCCC/C=C\C#CC#C/C=C/C=C\Cl)(c1ccccc1)C(F)(F)F. The number of benzene rings is 1. The topological polar surface area (TPSA) is 35.5 Å². The van der Waals surface area contributed by atoms with Crippen LogP contribution in [0.15, 0.2) is 66.2 Å². The lowest BCUT2D eigenvalue weighted by Crippen LogP contribution is -2.52. The fourth-order valence-electron chi connectivity index (χ4n) is 2.85. The summed E-state index contributed by atoms with van der Waals surface area (Å²) >= 11 is 5.35. The Kier molecular flexibility index (Phi) is 12.8. The van der Waals surface area contributed by atoms with Gasteiger partial charge in [-0.1, -0.05) is 72.0 Å². The zero-order chi connectivity index (χ0) is 24.6. The number of alkyl halides is 3. The number of allylic oxidation sites excluding steroid dienone is 5. The fraction of sp³-hybridized carbons (Fsp3) is 0.346. The second kappa shape index (κ2) is 15.0. The van der Waals surface area contributed by atoms with Crippen molar-refractivity contribution in [2.75, 3.05) is 7.11 Å². The molecule has 0 bridgehead atoms. The normalized spacial score (nSPS) is 14.4. The molecule has 0 amide bonds. The van der Waals surface area contributed by atoms with E-state index in [0.717, 1.165) is 20.0 Å². The summed E-state index contributed by atoms with van der Waals surface area (Å²) in [5, 5.41) is 0. The van der Waals surface area contributed by atoms with E-state index in [9.17, 15) is 18.0 Å². The molecular formula is C26H26ClF3O3. The molecule has 176 valence electrons. The van der Waals surface area contributed by atoms with E-state index < -0.39 is 23.9 Å². The van der Waals surface area contributed by atoms with E-state index in [-0.39, 0.29) is 5.56 Å². The van der Waals surface area contributed by atoms with Crippen molar-refractivity contribution in [1.29, 1.82) is 0 Å². The molecule has 0 saturated carbocycles. The highest BCUT2D eigenvalue weighted by atomic mass is 35.5. The van der Waals surface area contributed by atoms with Crippen LogP contribution in [-0.4, -0.2) is 25.4 Å². The molecule has 0 saturated heterocycles. The standard InChI is InChI=1S/C26H26ClF3O3/c1-22(18-14-11-9-7-5-3-4-6-8-10-12-17-21-27)33-24(31)25(32-2,26(28,29)30)23-19-15-13-16-20-23/h5,7,10,12-13,15-17,19-22H,9,11,14,18H2,1-2H3/b7-5-,12-10+,21-17-/t22-,25-/m0/s1. The molecule has 33 heavy (non-hydrogen) atoms. The summed E-state index contributed by atoms with van der Waals surface area (Å²) in [4.78, 5) is 12.6. The number of carbonyl (C=O) groups excluding carboxylic acids is 1. The minimum atomic E-state index is -4.98. The molecule has 1 rings (SSSR count). The van der Waals surface area contributed by atoms with Crippen molar-refractivity contribution in [3.8, 4) is 23.7 Å². The highest BCUT2D eigenvalue weighted by molar-refractivity contribution is 6.25. The van der Waals surface area contributed by atoms with Crippen LogP contribution in [0.4, 0.5) is 13.2 Å². The summed E-state index contributed by atoms with van der Waals surface area (Å²) in [6.45, 7) is 1.57. The van der Waals surface area contributed by atoms with Crippen molar-refractivity contribution in [3.05, 3.63) is 71.8 Å². The molecule has 2 atom stereocenters. The lowest BCUT2D eigenvalue weighted by atomic mass is 9.92. The highest BCUT2D eigenvalue weighted by Gasteiger charge is 2.64. The minimum absolute atomic E-state index is 0.323. The lowest BCUT2D eigenvalue weighted by Gasteiger charge is -2.33. The van der Waals surface area contributed by atoms with Gasteiger partial charge >= 0.3 is 12.1 Å². The predicted octanol–water partition coefficient (Wildman–Crippen LogP) is 6.45. The maximum absolute atomic E-state index is 13.9. The number of hydrogen-bond donors (Lipinski definition) is 0. The van der Waals surface area contributed by atoms with Gasteiger partial charge in [0.2, 0.25) is 0 Å². The Balaban J connectivity index is 2.53. The first kappa shape index (κ1) is 28.1. The first-order valence-corrected chi connectivity index (χ1v) is 10.7. The Morgan fingerprint density at radius 3 is 2.36 bits per heavy atom. The first-order valence-electron chi connectivity index (χ1n) is 10.3. The van der Waals surface area contributed by atoms with Crippen molar-refractivity contribution in [1.82, 2.24) is 0 Å². The van der Waals surface area contributed by atoms with Crippen LogP contribution in [0.2, 0.25) is 0 Å². The summed E-state index contributed by atoms with van der Waals surface area (Å²) in [6.07, 6.45) is 5.44. The highest BCUT2D eigenvalue weighted by Crippen LogP contribution is 2.43. The van der Waals surface area contributed by atoms with Gasteiger partial charge in [-0.05, 0) is 56.6 Å². The molecule has 7 heteroatoms. The number of ether oxygens (including phenoxy) is 2. The van der Waals surface area contributed by atoms with Crippen LogP contribution in [0, 0.1) is 23.7 Å². The van der Waals surface area contributed by atoms with Gasteiger partial charge < -0.3 is 9.47 Å². The van der Waals surface area contributed by atoms with Gasteiger partial charge in [-0.3, -0.25) is 0 Å². The van der Waals surface area contributed by atoms with Crippen LogP contribution < -0.4 is 0 Å². The van der Waals surface area contributed by atoms with Crippen LogP contribution in [0.3, 0.4) is 0 Å². The molecule has 0 aromatic heterocycles. The number of hydrogen-bond acceptors (Lipinski definition) is 3. The molecule has 1 aromatic rings. The van der Waals surface area contributed by atoms with Crippen LogP contribution in [-0.2, 0) is 19.9 Å². The number of rotatable bonds is 10. The van der Waals surface area contributed by atoms with Gasteiger partial charge in [0.05, 0.1) is 6.10 Å². The summed E-state index contributed by atoms with van der Waals surface area (Å²) in [5.41, 5.74) is -2.11. The molecule has 0 radical (unpaired) electrons. The smallest absolute Gasteiger partial charge is 0.432 e. The average Bonchev–Trinajstić information content (AvgIpc) is 2.77. The number of esters is 1. The van der Waals surface area contributed by atoms with Crippen LogP contribution in [0.1, 0.15) is 38.2 Å². The molecule has 1 aromatic carbocycles. The largest absolute Gasteiger partial charge is 0.460 e. The van der Waals surface area contributed by atoms with Gasteiger partial charge in [-0.25, -0.2) is 4.79 Å². The Morgan fingerprint density at radius 2 is 1.76 bits per heavy atom. The summed E-state index contributed by atoms with van der Waals surface area (Å²) in [6, 6.07) is 6.77. The Bertz CT molecular complexity index is 944. The van der Waals surface area contributed by atoms with Gasteiger partial charge in [0.15, 0.2) is 0 Å². The second-order valence-corrected chi connectivity index (χ2v) is 7.12. The molecule has 0 heterocycles. The average molecular weight is 479 g/mol. The van der Waals surface area contributed by atoms with Gasteiger partial charge in [-0.15, -0.1) is 0 Å². The monoisotopic (exact) mass is 478 g/mol. The molecule has 0 fully saturated rings. The third-order valence-electron chi connectivity index (χ3n) is 4.48. The molecule has 0 unspecified atom stereocenters. The number of carbonyl (C=O) groups is 1. The van der Waals surface area contributed by atoms with Crippen molar-refractivity contribution in [3.63, 3.8) is 0 Å². The third kappa shape index (κ3) is 9.22. The Morgan fingerprint density at radius 1 is 1.09 bits per heavy atom. The number of methoxy groups -OCH3 is 1. The molecular weight excluding hydrogens is 453 g/mol. The van der Waals surface area contributed by atoms with Gasteiger partial charge in [0.25, 0.3) is 5.60 Å². The van der Waals surface area contributed by atoms with Crippen molar-refractivity contribution < 1.29 is 27.4 Å². The molecule has 0 aliphatic heterocycles. The van der Waals surface area contributed by atoms with Gasteiger partial charge in [-0.2, -0.15) is 13.2 Å². The molecule has 0 aliphatic carbocycles. The summed E-state index contributed by atoms with van der Waals surface area (Å²) < 4.78 is 51.5. The molecule has 0 spiro atoms.